The summed E-state index contributed by atoms with van der Waals surface area (Å²) in [6.45, 7) is -0.397. The summed E-state index contributed by atoms with van der Waals surface area (Å²) >= 11 is 14.1. The summed E-state index contributed by atoms with van der Waals surface area (Å²) in [4.78, 5) is 11.5. The maximum Gasteiger partial charge on any atom is 0.341 e. The summed E-state index contributed by atoms with van der Waals surface area (Å²) < 4.78 is 5.16. The highest BCUT2D eigenvalue weighted by Gasteiger charge is 2.08. The molecule has 1 N–H and O–H groups in total. The number of carboxylic acids is 1. The number of hydrogen-bond acceptors (Lipinski definition) is 3. The van der Waals surface area contributed by atoms with E-state index in [0.29, 0.717) is 21.5 Å². The van der Waals surface area contributed by atoms with Gasteiger partial charge in [-0.3, -0.25) is 0 Å². The Morgan fingerprint density at radius 3 is 2.41 bits per heavy atom. The fourth-order valence-corrected chi connectivity index (χ4v) is 4.04. The normalized spacial score (nSPS) is 11.3. The molecule has 0 saturated carbocycles. The third-order valence-corrected chi connectivity index (χ3v) is 5.67. The van der Waals surface area contributed by atoms with Gasteiger partial charge in [0, 0.05) is 15.7 Å². The molecular formula is C23H18Cl2O3S. The molecule has 3 aromatic carbocycles. The van der Waals surface area contributed by atoms with Gasteiger partial charge in [0.15, 0.2) is 6.61 Å². The van der Waals surface area contributed by atoms with Crippen LogP contribution in [0.5, 0.6) is 5.75 Å². The molecule has 0 aliphatic rings. The molecule has 0 saturated heterocycles. The quantitative estimate of drug-likeness (QED) is 0.393. The van der Waals surface area contributed by atoms with Crippen molar-refractivity contribution in [2.45, 2.75) is 4.90 Å². The average molecular weight is 445 g/mol. The number of hydrogen-bond donors (Lipinski definition) is 1. The van der Waals surface area contributed by atoms with Crippen molar-refractivity contribution in [3.63, 3.8) is 0 Å². The van der Waals surface area contributed by atoms with Crippen LogP contribution in [0.25, 0.3) is 5.57 Å². The van der Waals surface area contributed by atoms with Crippen molar-refractivity contribution < 1.29 is 14.6 Å². The Kier molecular flexibility index (Phi) is 7.64. The van der Waals surface area contributed by atoms with Crippen LogP contribution < -0.4 is 4.74 Å². The largest absolute Gasteiger partial charge is 0.482 e. The Bertz CT molecular complexity index is 1020. The fourth-order valence-electron chi connectivity index (χ4n) is 2.72. The highest BCUT2D eigenvalue weighted by atomic mass is 35.5. The number of thioether (sulfide) groups is 1. The van der Waals surface area contributed by atoms with Gasteiger partial charge >= 0.3 is 5.97 Å². The summed E-state index contributed by atoms with van der Waals surface area (Å²) in [5.74, 6) is 0.103. The molecule has 0 spiro atoms. The molecule has 0 aliphatic carbocycles. The van der Waals surface area contributed by atoms with Crippen LogP contribution in [0.2, 0.25) is 10.0 Å². The molecule has 0 bridgehead atoms. The third-order valence-electron chi connectivity index (χ3n) is 4.01. The first kappa shape index (κ1) is 21.3. The first-order valence-electron chi connectivity index (χ1n) is 8.81. The second-order valence-corrected chi connectivity index (χ2v) is 7.99. The predicted octanol–water partition coefficient (Wildman–Crippen LogP) is 6.68. The van der Waals surface area contributed by atoms with Gasteiger partial charge in [-0.15, -0.1) is 11.8 Å². The Labute approximate surface area is 183 Å². The minimum atomic E-state index is -1.03. The lowest BCUT2D eigenvalue weighted by Gasteiger charge is -2.10. The van der Waals surface area contributed by atoms with Crippen LogP contribution in [0.4, 0.5) is 0 Å². The first-order valence-corrected chi connectivity index (χ1v) is 10.6. The van der Waals surface area contributed by atoms with E-state index < -0.39 is 12.6 Å². The lowest BCUT2D eigenvalue weighted by atomic mass is 9.98. The van der Waals surface area contributed by atoms with Crippen LogP contribution in [0.15, 0.2) is 83.8 Å². The molecule has 0 unspecified atom stereocenters. The van der Waals surface area contributed by atoms with Crippen molar-refractivity contribution in [1.82, 2.24) is 0 Å². The molecule has 148 valence electrons. The number of carboxylic acid groups (broad SMARTS) is 1. The zero-order valence-electron chi connectivity index (χ0n) is 15.3. The highest BCUT2D eigenvalue weighted by molar-refractivity contribution is 7.99. The summed E-state index contributed by atoms with van der Waals surface area (Å²) in [5, 5.41) is 9.91. The second-order valence-electron chi connectivity index (χ2n) is 6.08. The van der Waals surface area contributed by atoms with Crippen molar-refractivity contribution in [1.29, 1.82) is 0 Å². The summed E-state index contributed by atoms with van der Waals surface area (Å²) in [6, 6.07) is 23.1. The zero-order chi connectivity index (χ0) is 20.6. The summed E-state index contributed by atoms with van der Waals surface area (Å²) in [6.07, 6.45) is 2.15. The Hall–Kier alpha value is -2.40. The van der Waals surface area contributed by atoms with Gasteiger partial charge in [0.05, 0.1) is 5.02 Å². The molecule has 3 rings (SSSR count). The van der Waals surface area contributed by atoms with E-state index in [1.807, 2.05) is 48.5 Å². The van der Waals surface area contributed by atoms with Gasteiger partial charge in [0.25, 0.3) is 0 Å². The molecule has 3 aromatic rings. The van der Waals surface area contributed by atoms with E-state index in [4.69, 9.17) is 33.0 Å². The molecule has 0 atom stereocenters. The van der Waals surface area contributed by atoms with Gasteiger partial charge < -0.3 is 9.84 Å². The standard InChI is InChI=1S/C23H18Cl2O3S/c24-18-8-4-7-17(13-18)20(16-5-2-1-3-6-16)11-12-29-22-10-9-19(14-21(22)25)28-15-23(26)27/h1-11,13-14H,12,15H2,(H,26,27)/b20-11-. The smallest absolute Gasteiger partial charge is 0.341 e. The van der Waals surface area contributed by atoms with E-state index in [1.54, 1.807) is 23.9 Å². The number of rotatable bonds is 8. The lowest BCUT2D eigenvalue weighted by Crippen LogP contribution is -2.09. The average Bonchev–Trinajstić information content (AvgIpc) is 2.71. The molecule has 0 fully saturated rings. The summed E-state index contributed by atoms with van der Waals surface area (Å²) in [7, 11) is 0. The minimum absolute atomic E-state index is 0.397. The van der Waals surface area contributed by atoms with Crippen LogP contribution in [-0.4, -0.2) is 23.4 Å². The number of halogens is 2. The van der Waals surface area contributed by atoms with Gasteiger partial charge in [-0.2, -0.15) is 0 Å². The van der Waals surface area contributed by atoms with E-state index in [0.717, 1.165) is 21.6 Å². The van der Waals surface area contributed by atoms with Crippen LogP contribution >= 0.6 is 35.0 Å². The van der Waals surface area contributed by atoms with Crippen LogP contribution in [0.1, 0.15) is 11.1 Å². The zero-order valence-corrected chi connectivity index (χ0v) is 17.7. The Balaban J connectivity index is 1.77. The van der Waals surface area contributed by atoms with Crippen molar-refractivity contribution >= 4 is 46.5 Å². The summed E-state index contributed by atoms with van der Waals surface area (Å²) in [5.41, 5.74) is 3.25. The molecule has 0 aliphatic heterocycles. The highest BCUT2D eigenvalue weighted by Crippen LogP contribution is 2.32. The van der Waals surface area contributed by atoms with Crippen molar-refractivity contribution in [2.24, 2.45) is 0 Å². The Morgan fingerprint density at radius 2 is 1.72 bits per heavy atom. The second kappa shape index (κ2) is 10.4. The number of aliphatic carboxylic acids is 1. The number of carbonyl (C=O) groups is 1. The monoisotopic (exact) mass is 444 g/mol. The lowest BCUT2D eigenvalue weighted by molar-refractivity contribution is -0.139. The predicted molar refractivity (Wildman–Crippen MR) is 120 cm³/mol. The molecule has 0 aromatic heterocycles. The maximum absolute atomic E-state index is 10.6. The molecule has 29 heavy (non-hydrogen) atoms. The van der Waals surface area contributed by atoms with E-state index in [-0.39, 0.29) is 0 Å². The molecular weight excluding hydrogens is 427 g/mol. The molecule has 6 heteroatoms. The third kappa shape index (κ3) is 6.29. The SMILES string of the molecule is O=C(O)COc1ccc(SC/C=C(/c2ccccc2)c2cccc(Cl)c2)c(Cl)c1. The topological polar surface area (TPSA) is 46.5 Å². The number of benzene rings is 3. The van der Waals surface area contributed by atoms with Gasteiger partial charge in [-0.05, 0) is 47.0 Å². The van der Waals surface area contributed by atoms with Crippen molar-refractivity contribution in [2.75, 3.05) is 12.4 Å². The van der Waals surface area contributed by atoms with Crippen LogP contribution in [0, 0.1) is 0 Å². The van der Waals surface area contributed by atoms with Gasteiger partial charge in [-0.25, -0.2) is 4.79 Å². The van der Waals surface area contributed by atoms with Gasteiger partial charge in [0.2, 0.25) is 0 Å². The van der Waals surface area contributed by atoms with Crippen LogP contribution in [0.3, 0.4) is 0 Å². The Morgan fingerprint density at radius 1 is 0.966 bits per heavy atom. The molecule has 0 heterocycles. The maximum atomic E-state index is 10.6. The molecule has 0 amide bonds. The number of ether oxygens (including phenoxy) is 1. The van der Waals surface area contributed by atoms with Crippen LogP contribution in [-0.2, 0) is 4.79 Å². The minimum Gasteiger partial charge on any atom is -0.482 e. The van der Waals surface area contributed by atoms with Gasteiger partial charge in [-0.1, -0.05) is 71.7 Å². The van der Waals surface area contributed by atoms with E-state index in [1.165, 1.54) is 0 Å². The van der Waals surface area contributed by atoms with E-state index in [2.05, 4.69) is 18.2 Å². The van der Waals surface area contributed by atoms with Crippen molar-refractivity contribution in [3.05, 3.63) is 100 Å². The molecule has 0 radical (unpaired) electrons. The molecule has 3 nitrogen and oxygen atoms in total. The van der Waals surface area contributed by atoms with Crippen molar-refractivity contribution in [3.8, 4) is 5.75 Å². The fraction of sp³-hybridized carbons (Fsp3) is 0.0870. The van der Waals surface area contributed by atoms with E-state index >= 15 is 0 Å². The van der Waals surface area contributed by atoms with E-state index in [9.17, 15) is 4.79 Å². The van der Waals surface area contributed by atoms with Gasteiger partial charge in [0.1, 0.15) is 5.75 Å². The first-order chi connectivity index (χ1) is 14.0.